The van der Waals surface area contributed by atoms with Gasteiger partial charge in [-0.05, 0) is 48.5 Å². The molecule has 2 heterocycles. The number of hydrogen-bond acceptors (Lipinski definition) is 8. The summed E-state index contributed by atoms with van der Waals surface area (Å²) in [6, 6.07) is 1.33. The van der Waals surface area contributed by atoms with Gasteiger partial charge in [0.2, 0.25) is 5.95 Å². The molecule has 29 heavy (non-hydrogen) atoms. The number of anilines is 2. The fourth-order valence-electron chi connectivity index (χ4n) is 2.54. The Morgan fingerprint density at radius 2 is 1.69 bits per heavy atom. The van der Waals surface area contributed by atoms with Gasteiger partial charge in [0.1, 0.15) is 16.4 Å². The molecule has 0 aliphatic carbocycles. The van der Waals surface area contributed by atoms with E-state index < -0.39 is 23.4 Å². The average molecular weight is 429 g/mol. The second-order valence-electron chi connectivity index (χ2n) is 8.76. The lowest BCUT2D eigenvalue weighted by Gasteiger charge is -2.34. The molecule has 9 nitrogen and oxygen atoms in total. The van der Waals surface area contributed by atoms with Crippen LogP contribution in [-0.4, -0.2) is 59.2 Å². The normalized spacial score (nSPS) is 17.7. The van der Waals surface area contributed by atoms with Crippen LogP contribution >= 0.6 is 11.6 Å². The Labute approximate surface area is 176 Å². The molecular weight excluding hydrogens is 400 g/mol. The zero-order valence-corrected chi connectivity index (χ0v) is 18.7. The summed E-state index contributed by atoms with van der Waals surface area (Å²) in [5.41, 5.74) is -1.65. The summed E-state index contributed by atoms with van der Waals surface area (Å²) in [7, 11) is 0. The number of halogens is 1. The van der Waals surface area contributed by atoms with Gasteiger partial charge < -0.3 is 19.1 Å². The maximum atomic E-state index is 12.8. The van der Waals surface area contributed by atoms with Crippen molar-refractivity contribution in [2.45, 2.75) is 65.7 Å². The van der Waals surface area contributed by atoms with Gasteiger partial charge >= 0.3 is 12.2 Å². The number of carbonyl (C=O) groups excluding carboxylic acids is 2. The number of aromatic nitrogens is 2. The third-order valence-electron chi connectivity index (χ3n) is 3.68. The van der Waals surface area contributed by atoms with E-state index in [0.717, 1.165) is 4.90 Å². The quantitative estimate of drug-likeness (QED) is 0.651. The van der Waals surface area contributed by atoms with E-state index in [4.69, 9.17) is 25.8 Å². The zero-order valence-electron chi connectivity index (χ0n) is 18.0. The summed E-state index contributed by atoms with van der Waals surface area (Å²) in [6.45, 7) is 13.7. The summed E-state index contributed by atoms with van der Waals surface area (Å²) >= 11 is 6.20. The number of morpholine rings is 1. The summed E-state index contributed by atoms with van der Waals surface area (Å²) in [6.07, 6.45) is -1.83. The van der Waals surface area contributed by atoms with E-state index in [1.54, 1.807) is 41.5 Å². The topological polar surface area (TPSA) is 94.1 Å². The molecule has 0 saturated carbocycles. The predicted molar refractivity (Wildman–Crippen MR) is 110 cm³/mol. The summed E-state index contributed by atoms with van der Waals surface area (Å²) in [5.74, 6) is 0.266. The summed E-state index contributed by atoms with van der Waals surface area (Å²) in [4.78, 5) is 36.9. The van der Waals surface area contributed by atoms with Crippen molar-refractivity contribution in [3.05, 3.63) is 11.2 Å². The fraction of sp³-hybridized carbons (Fsp3) is 0.684. The maximum Gasteiger partial charge on any atom is 0.425 e. The zero-order chi connectivity index (χ0) is 22.0. The first-order chi connectivity index (χ1) is 13.3. The molecule has 0 radical (unpaired) electrons. The van der Waals surface area contributed by atoms with Crippen molar-refractivity contribution in [3.63, 3.8) is 0 Å². The van der Waals surface area contributed by atoms with E-state index in [-0.39, 0.29) is 17.0 Å². The second kappa shape index (κ2) is 8.71. The van der Waals surface area contributed by atoms with Gasteiger partial charge in [0.05, 0.1) is 19.3 Å². The SMILES string of the molecule is C[C@@H]1COCCN1c1nc(Cl)cc(N(C(=O)OC(C)(C)C)C(=O)OC(C)(C)C)n1. The third kappa shape index (κ3) is 6.71. The third-order valence-corrected chi connectivity index (χ3v) is 3.87. The molecule has 1 saturated heterocycles. The summed E-state index contributed by atoms with van der Waals surface area (Å²) in [5, 5.41) is 0.0841. The van der Waals surface area contributed by atoms with Gasteiger partial charge in [-0.1, -0.05) is 11.6 Å². The van der Waals surface area contributed by atoms with Crippen molar-refractivity contribution in [2.75, 3.05) is 29.6 Å². The van der Waals surface area contributed by atoms with E-state index >= 15 is 0 Å². The highest BCUT2D eigenvalue weighted by Crippen LogP contribution is 2.26. The molecule has 0 aromatic carbocycles. The van der Waals surface area contributed by atoms with Gasteiger partial charge in [0.15, 0.2) is 5.82 Å². The van der Waals surface area contributed by atoms with Crippen LogP contribution in [0.2, 0.25) is 5.15 Å². The molecule has 10 heteroatoms. The number of carbonyl (C=O) groups is 2. The van der Waals surface area contributed by atoms with E-state index in [1.165, 1.54) is 6.07 Å². The summed E-state index contributed by atoms with van der Waals surface area (Å²) < 4.78 is 16.2. The molecule has 1 aromatic rings. The average Bonchev–Trinajstić information content (AvgIpc) is 2.51. The lowest BCUT2D eigenvalue weighted by molar-refractivity contribution is 0.0429. The molecule has 1 aliphatic heterocycles. The highest BCUT2D eigenvalue weighted by Gasteiger charge is 2.35. The van der Waals surface area contributed by atoms with Gasteiger partial charge in [0.25, 0.3) is 0 Å². The van der Waals surface area contributed by atoms with Crippen molar-refractivity contribution >= 4 is 35.6 Å². The molecule has 1 aromatic heterocycles. The molecule has 2 rings (SSSR count). The Hall–Kier alpha value is -2.13. The number of imide groups is 1. The van der Waals surface area contributed by atoms with E-state index in [0.29, 0.717) is 25.7 Å². The van der Waals surface area contributed by atoms with Crippen LogP contribution in [0.5, 0.6) is 0 Å². The molecule has 0 bridgehead atoms. The minimum absolute atomic E-state index is 0.00608. The van der Waals surface area contributed by atoms with Crippen LogP contribution in [0.25, 0.3) is 0 Å². The smallest absolute Gasteiger partial charge is 0.425 e. The molecule has 1 aliphatic rings. The molecule has 162 valence electrons. The molecule has 0 N–H and O–H groups in total. The number of ether oxygens (including phenoxy) is 3. The maximum absolute atomic E-state index is 12.8. The van der Waals surface area contributed by atoms with Crippen molar-refractivity contribution in [1.29, 1.82) is 0 Å². The molecule has 0 spiro atoms. The Morgan fingerprint density at radius 1 is 1.14 bits per heavy atom. The fourth-order valence-corrected chi connectivity index (χ4v) is 2.71. The predicted octanol–water partition coefficient (Wildman–Crippen LogP) is 4.03. The highest BCUT2D eigenvalue weighted by atomic mass is 35.5. The lowest BCUT2D eigenvalue weighted by Crippen LogP contribution is -2.46. The molecular formula is C19H29ClN4O5. The van der Waals surface area contributed by atoms with Gasteiger partial charge in [-0.2, -0.15) is 9.88 Å². The number of rotatable bonds is 2. The van der Waals surface area contributed by atoms with Gasteiger partial charge in [-0.15, -0.1) is 0 Å². The Bertz CT molecular complexity index is 732. The molecule has 1 atom stereocenters. The molecule has 0 unspecified atom stereocenters. The van der Waals surface area contributed by atoms with Crippen LogP contribution < -0.4 is 9.80 Å². The minimum atomic E-state index is -0.914. The van der Waals surface area contributed by atoms with Crippen LogP contribution in [-0.2, 0) is 14.2 Å². The second-order valence-corrected chi connectivity index (χ2v) is 9.15. The van der Waals surface area contributed by atoms with Crippen molar-refractivity contribution in [3.8, 4) is 0 Å². The van der Waals surface area contributed by atoms with E-state index in [9.17, 15) is 9.59 Å². The van der Waals surface area contributed by atoms with Gasteiger partial charge in [-0.25, -0.2) is 14.6 Å². The van der Waals surface area contributed by atoms with Crippen molar-refractivity contribution < 1.29 is 23.8 Å². The van der Waals surface area contributed by atoms with E-state index in [2.05, 4.69) is 9.97 Å². The van der Waals surface area contributed by atoms with Gasteiger partial charge in [0, 0.05) is 12.6 Å². The Morgan fingerprint density at radius 3 is 2.17 bits per heavy atom. The standard InChI is InChI=1S/C19H29ClN4O5/c1-12-11-27-9-8-23(12)15-21-13(20)10-14(22-15)24(16(25)28-18(2,3)4)17(26)29-19(5,6)7/h10,12H,8-9,11H2,1-7H3/t12-/m1/s1. The largest absolute Gasteiger partial charge is 0.443 e. The van der Waals surface area contributed by atoms with Crippen LogP contribution in [0, 0.1) is 0 Å². The highest BCUT2D eigenvalue weighted by molar-refractivity contribution is 6.30. The van der Waals surface area contributed by atoms with Crippen LogP contribution in [0.4, 0.5) is 21.4 Å². The van der Waals surface area contributed by atoms with Crippen molar-refractivity contribution in [1.82, 2.24) is 9.97 Å². The monoisotopic (exact) mass is 428 g/mol. The number of nitrogens with zero attached hydrogens (tertiary/aromatic N) is 4. The van der Waals surface area contributed by atoms with Crippen molar-refractivity contribution in [2.24, 2.45) is 0 Å². The Balaban J connectivity index is 2.46. The first kappa shape index (κ1) is 23.2. The van der Waals surface area contributed by atoms with Gasteiger partial charge in [-0.3, -0.25) is 0 Å². The first-order valence-electron chi connectivity index (χ1n) is 9.42. The molecule has 2 amide bonds. The number of amides is 2. The number of hydrogen-bond donors (Lipinski definition) is 0. The van der Waals surface area contributed by atoms with Crippen LogP contribution in [0.3, 0.4) is 0 Å². The minimum Gasteiger partial charge on any atom is -0.443 e. The van der Waals surface area contributed by atoms with Crippen LogP contribution in [0.15, 0.2) is 6.07 Å². The molecule has 1 fully saturated rings. The van der Waals surface area contributed by atoms with E-state index in [1.807, 2.05) is 11.8 Å². The Kier molecular flexibility index (Phi) is 6.95. The van der Waals surface area contributed by atoms with Crippen LogP contribution in [0.1, 0.15) is 48.5 Å². The first-order valence-corrected chi connectivity index (χ1v) is 9.80. The lowest BCUT2D eigenvalue weighted by atomic mass is 10.2.